The van der Waals surface area contributed by atoms with Gasteiger partial charge in [0, 0.05) is 5.54 Å². The van der Waals surface area contributed by atoms with Gasteiger partial charge in [-0.2, -0.15) is 0 Å². The summed E-state index contributed by atoms with van der Waals surface area (Å²) in [5.41, 5.74) is 0.700. The fourth-order valence-corrected chi connectivity index (χ4v) is 9.21. The van der Waals surface area contributed by atoms with Crippen molar-refractivity contribution in [2.75, 3.05) is 0 Å². The summed E-state index contributed by atoms with van der Waals surface area (Å²) < 4.78 is 13.4. The second-order valence-corrected chi connectivity index (χ2v) is 12.7. The molecule has 0 unspecified atom stereocenters. The Labute approximate surface area is 140 Å². The first kappa shape index (κ1) is 18.5. The lowest BCUT2D eigenvalue weighted by molar-refractivity contribution is -0.219. The zero-order valence-corrected chi connectivity index (χ0v) is 18.1. The van der Waals surface area contributed by atoms with Crippen molar-refractivity contribution in [1.29, 1.82) is 0 Å². The van der Waals surface area contributed by atoms with Gasteiger partial charge in [0.25, 0.3) is 0 Å². The fourth-order valence-electron chi connectivity index (χ4n) is 4.95. The maximum Gasteiger partial charge on any atom is 0.326 e. The lowest BCUT2D eigenvalue weighted by atomic mass is 9.49. The average molecular weight is 327 g/mol. The van der Waals surface area contributed by atoms with E-state index in [9.17, 15) is 0 Å². The summed E-state index contributed by atoms with van der Waals surface area (Å²) in [5.74, 6) is 0. The molecule has 2 rings (SSSR count). The van der Waals surface area contributed by atoms with E-state index in [2.05, 4.69) is 83.1 Å². The molecule has 2 heterocycles. The molecular formula is C19H38O2Si. The van der Waals surface area contributed by atoms with E-state index in [1.807, 2.05) is 0 Å². The van der Waals surface area contributed by atoms with Gasteiger partial charge in [-0.1, -0.05) is 55.4 Å². The second kappa shape index (κ2) is 4.40. The van der Waals surface area contributed by atoms with Gasteiger partial charge in [0.1, 0.15) is 0 Å². The summed E-state index contributed by atoms with van der Waals surface area (Å²) in [4.78, 5) is 0. The smallest absolute Gasteiger partial charge is 0.326 e. The van der Waals surface area contributed by atoms with Crippen molar-refractivity contribution in [3.8, 4) is 0 Å². The van der Waals surface area contributed by atoms with Gasteiger partial charge in [0.15, 0.2) is 0 Å². The predicted octanol–water partition coefficient (Wildman–Crippen LogP) is 5.30. The zero-order valence-electron chi connectivity index (χ0n) is 17.0. The van der Waals surface area contributed by atoms with E-state index in [-0.39, 0.29) is 32.9 Å². The van der Waals surface area contributed by atoms with Gasteiger partial charge in [-0.3, -0.25) is 0 Å². The highest BCUT2D eigenvalue weighted by Crippen LogP contribution is 2.71. The molecule has 0 aromatic rings. The highest BCUT2D eigenvalue weighted by molar-refractivity contribution is 6.48. The van der Waals surface area contributed by atoms with Crippen LogP contribution in [0.15, 0.2) is 0 Å². The summed E-state index contributed by atoms with van der Waals surface area (Å²) in [6, 6.07) is 0. The summed E-state index contributed by atoms with van der Waals surface area (Å²) in [5, 5.41) is 0. The molecule has 3 heteroatoms. The topological polar surface area (TPSA) is 18.5 Å². The van der Waals surface area contributed by atoms with Gasteiger partial charge in [0.2, 0.25) is 0 Å². The third-order valence-electron chi connectivity index (χ3n) is 8.88. The molecule has 0 radical (unpaired) electrons. The Morgan fingerprint density at radius 1 is 0.545 bits per heavy atom. The van der Waals surface area contributed by atoms with Crippen molar-refractivity contribution in [1.82, 2.24) is 0 Å². The van der Waals surface area contributed by atoms with E-state index in [0.29, 0.717) is 5.54 Å². The SMILES string of the molecule is CC1(C)O[SiH]2OC(C)(C)C(C)(C)C(C)(C)C2C(C)(C)C1(C)C. The summed E-state index contributed by atoms with van der Waals surface area (Å²) in [6.07, 6.45) is 0. The first-order chi connectivity index (χ1) is 9.43. The molecule has 0 bridgehead atoms. The number of hydrogen-bond donors (Lipinski definition) is 0. The molecule has 2 fully saturated rings. The Morgan fingerprint density at radius 3 is 1.09 bits per heavy atom. The van der Waals surface area contributed by atoms with Crippen LogP contribution in [0, 0.1) is 21.7 Å². The van der Waals surface area contributed by atoms with Crippen LogP contribution < -0.4 is 0 Å². The van der Waals surface area contributed by atoms with Crippen LogP contribution in [-0.4, -0.2) is 20.5 Å². The van der Waals surface area contributed by atoms with E-state index < -0.39 is 9.28 Å². The minimum Gasteiger partial charge on any atom is -0.390 e. The van der Waals surface area contributed by atoms with Crippen LogP contribution in [0.5, 0.6) is 0 Å². The predicted molar refractivity (Wildman–Crippen MR) is 96.4 cm³/mol. The van der Waals surface area contributed by atoms with Crippen molar-refractivity contribution in [3.63, 3.8) is 0 Å². The molecule has 0 spiro atoms. The molecule has 0 atom stereocenters. The van der Waals surface area contributed by atoms with E-state index in [1.54, 1.807) is 0 Å². The van der Waals surface area contributed by atoms with Gasteiger partial charge in [-0.05, 0) is 49.4 Å². The van der Waals surface area contributed by atoms with Gasteiger partial charge in [-0.15, -0.1) is 0 Å². The number of fused-ring (bicyclic) bond motifs is 1. The molecule has 2 aliphatic rings. The van der Waals surface area contributed by atoms with Gasteiger partial charge in [-0.25, -0.2) is 0 Å². The molecule has 0 N–H and O–H groups in total. The van der Waals surface area contributed by atoms with Crippen LogP contribution in [-0.2, 0) is 8.85 Å². The lowest BCUT2D eigenvalue weighted by Crippen LogP contribution is -2.72. The Bertz CT molecular complexity index is 430. The van der Waals surface area contributed by atoms with E-state index in [0.717, 1.165) is 0 Å². The maximum atomic E-state index is 6.71. The zero-order chi connectivity index (χ0) is 17.6. The van der Waals surface area contributed by atoms with Crippen LogP contribution in [0.1, 0.15) is 83.1 Å². The number of rotatable bonds is 0. The lowest BCUT2D eigenvalue weighted by Gasteiger charge is -2.71. The minimum absolute atomic E-state index is 0.0896. The average Bonchev–Trinajstić information content (AvgIpc) is 2.22. The monoisotopic (exact) mass is 326 g/mol. The van der Waals surface area contributed by atoms with E-state index in [4.69, 9.17) is 8.85 Å². The third-order valence-corrected chi connectivity index (χ3v) is 12.7. The van der Waals surface area contributed by atoms with E-state index >= 15 is 0 Å². The first-order valence-corrected chi connectivity index (χ1v) is 10.4. The molecule has 0 aliphatic carbocycles. The van der Waals surface area contributed by atoms with Crippen molar-refractivity contribution >= 4 is 9.28 Å². The normalized spacial score (nSPS) is 39.8. The Hall–Kier alpha value is 0.137. The van der Waals surface area contributed by atoms with Crippen molar-refractivity contribution in [3.05, 3.63) is 0 Å². The molecule has 0 amide bonds. The van der Waals surface area contributed by atoms with Crippen LogP contribution in [0.4, 0.5) is 0 Å². The molecule has 0 aromatic heterocycles. The van der Waals surface area contributed by atoms with Crippen LogP contribution in [0.3, 0.4) is 0 Å². The van der Waals surface area contributed by atoms with E-state index in [1.165, 1.54) is 0 Å². The molecule has 22 heavy (non-hydrogen) atoms. The van der Waals surface area contributed by atoms with Crippen molar-refractivity contribution in [2.24, 2.45) is 21.7 Å². The third kappa shape index (κ3) is 1.91. The van der Waals surface area contributed by atoms with Crippen LogP contribution >= 0.6 is 0 Å². The molecule has 2 aliphatic heterocycles. The summed E-state index contributed by atoms with van der Waals surface area (Å²) >= 11 is 0. The summed E-state index contributed by atoms with van der Waals surface area (Å²) in [7, 11) is -1.80. The summed E-state index contributed by atoms with van der Waals surface area (Å²) in [6.45, 7) is 28.3. The van der Waals surface area contributed by atoms with Crippen molar-refractivity contribution in [2.45, 2.75) is 99.8 Å². The second-order valence-electron chi connectivity index (χ2n) is 10.8. The molecule has 2 saturated heterocycles. The molecule has 0 saturated carbocycles. The minimum atomic E-state index is -1.80. The molecule has 130 valence electrons. The van der Waals surface area contributed by atoms with Crippen molar-refractivity contribution < 1.29 is 8.85 Å². The molecule has 2 nitrogen and oxygen atoms in total. The number of hydrogen-bond acceptors (Lipinski definition) is 2. The molecular weight excluding hydrogens is 288 g/mol. The largest absolute Gasteiger partial charge is 0.390 e. The quantitative estimate of drug-likeness (QED) is 0.562. The standard InChI is InChI=1S/C19H38O2Si/c1-14(2)13-15(3,4)17(7,8)19(11,12)21-22(13)20-18(9,10)16(14,5)6/h13,22H,1-12H3. The molecule has 0 aromatic carbocycles. The van der Waals surface area contributed by atoms with Crippen LogP contribution in [0.25, 0.3) is 0 Å². The highest BCUT2D eigenvalue weighted by atomic mass is 28.3. The Balaban J connectivity index is 2.65. The van der Waals surface area contributed by atoms with Gasteiger partial charge >= 0.3 is 9.28 Å². The Kier molecular flexibility index (Phi) is 3.69. The first-order valence-electron chi connectivity index (χ1n) is 8.79. The maximum absolute atomic E-state index is 6.71. The highest BCUT2D eigenvalue weighted by Gasteiger charge is 2.70. The van der Waals surface area contributed by atoms with Crippen LogP contribution in [0.2, 0.25) is 5.54 Å². The Morgan fingerprint density at radius 2 is 0.818 bits per heavy atom. The fraction of sp³-hybridized carbons (Fsp3) is 1.00. The van der Waals surface area contributed by atoms with Gasteiger partial charge in [0.05, 0.1) is 11.2 Å². The van der Waals surface area contributed by atoms with Gasteiger partial charge < -0.3 is 8.85 Å².